The van der Waals surface area contributed by atoms with Gasteiger partial charge in [-0.1, -0.05) is 5.16 Å². The molecule has 0 fully saturated rings. The topological polar surface area (TPSA) is 38.1 Å². The van der Waals surface area contributed by atoms with E-state index in [9.17, 15) is 13.2 Å². The molecule has 0 spiro atoms. The fourth-order valence-corrected chi connectivity index (χ4v) is 2.26. The molecule has 7 heteroatoms. The summed E-state index contributed by atoms with van der Waals surface area (Å²) in [7, 11) is 0. The van der Waals surface area contributed by atoms with Crippen LogP contribution in [0.25, 0.3) is 0 Å². The molecule has 1 N–H and O–H groups in total. The second-order valence-electron chi connectivity index (χ2n) is 4.23. The Bertz CT molecular complexity index is 559. The van der Waals surface area contributed by atoms with E-state index in [-0.39, 0.29) is 16.7 Å². The molecule has 0 atom stereocenters. The van der Waals surface area contributed by atoms with Gasteiger partial charge < -0.3 is 9.84 Å². The molecule has 0 unspecified atom stereocenters. The molecule has 0 saturated heterocycles. The number of rotatable bonds is 4. The van der Waals surface area contributed by atoms with Crippen LogP contribution in [0.5, 0.6) is 0 Å². The maximum atomic E-state index is 12.2. The van der Waals surface area contributed by atoms with Crippen molar-refractivity contribution in [3.8, 4) is 0 Å². The molecule has 1 heterocycles. The molecule has 0 aliphatic heterocycles. The van der Waals surface area contributed by atoms with Crippen molar-refractivity contribution < 1.29 is 17.7 Å². The lowest BCUT2D eigenvalue weighted by atomic mass is 10.2. The van der Waals surface area contributed by atoms with E-state index >= 15 is 0 Å². The first-order chi connectivity index (χ1) is 9.35. The summed E-state index contributed by atoms with van der Waals surface area (Å²) in [5, 5.41) is 6.97. The summed E-state index contributed by atoms with van der Waals surface area (Å²) in [5.41, 5.74) is -1.75. The summed E-state index contributed by atoms with van der Waals surface area (Å²) < 4.78 is 41.6. The zero-order valence-corrected chi connectivity index (χ0v) is 11.7. The van der Waals surface area contributed by atoms with Crippen molar-refractivity contribution in [3.05, 3.63) is 41.3 Å². The van der Waals surface area contributed by atoms with Crippen molar-refractivity contribution in [2.24, 2.45) is 0 Å². The molecule has 3 nitrogen and oxygen atoms in total. The van der Waals surface area contributed by atoms with Crippen LogP contribution in [0.15, 0.2) is 33.7 Å². The van der Waals surface area contributed by atoms with E-state index in [2.05, 4.69) is 10.5 Å². The Hall–Kier alpha value is -1.63. The average molecular weight is 302 g/mol. The van der Waals surface area contributed by atoms with E-state index in [1.165, 1.54) is 12.1 Å². The molecule has 0 saturated carbocycles. The number of thioether (sulfide) groups is 1. The number of nitrogens with one attached hydrogen (secondary N) is 1. The highest BCUT2D eigenvalue weighted by Crippen LogP contribution is 2.37. The van der Waals surface area contributed by atoms with Gasteiger partial charge in [0, 0.05) is 22.7 Å². The highest BCUT2D eigenvalue weighted by Gasteiger charge is 2.28. The Morgan fingerprint density at radius 1 is 1.20 bits per heavy atom. The van der Waals surface area contributed by atoms with Crippen LogP contribution in [0.1, 0.15) is 17.0 Å². The Kier molecular flexibility index (Phi) is 4.27. The van der Waals surface area contributed by atoms with Crippen LogP contribution in [0.2, 0.25) is 0 Å². The number of benzene rings is 1. The predicted octanol–water partition coefficient (Wildman–Crippen LogP) is 4.52. The van der Waals surface area contributed by atoms with Crippen LogP contribution in [-0.4, -0.2) is 10.7 Å². The van der Waals surface area contributed by atoms with Crippen molar-refractivity contribution in [1.29, 1.82) is 0 Å². The first-order valence-electron chi connectivity index (χ1n) is 5.86. The second kappa shape index (κ2) is 5.78. The van der Waals surface area contributed by atoms with E-state index in [4.69, 9.17) is 4.52 Å². The highest BCUT2D eigenvalue weighted by atomic mass is 32.2. The Morgan fingerprint density at radius 2 is 1.85 bits per heavy atom. The number of aromatic nitrogens is 1. The van der Waals surface area contributed by atoms with Crippen molar-refractivity contribution in [3.63, 3.8) is 0 Å². The molecule has 0 radical (unpaired) electrons. The zero-order valence-electron chi connectivity index (χ0n) is 10.9. The Balaban J connectivity index is 1.98. The summed E-state index contributed by atoms with van der Waals surface area (Å²) in [4.78, 5) is 0.167. The van der Waals surface area contributed by atoms with Crippen LogP contribution >= 0.6 is 11.8 Å². The molecule has 0 aliphatic rings. The molecule has 108 valence electrons. The quantitative estimate of drug-likeness (QED) is 0.843. The van der Waals surface area contributed by atoms with Crippen molar-refractivity contribution in [2.75, 3.05) is 5.32 Å². The molecule has 0 aliphatic carbocycles. The number of hydrogen-bond acceptors (Lipinski definition) is 4. The lowest BCUT2D eigenvalue weighted by Gasteiger charge is -2.08. The number of anilines is 1. The van der Waals surface area contributed by atoms with Gasteiger partial charge in [0.25, 0.3) is 0 Å². The van der Waals surface area contributed by atoms with Gasteiger partial charge in [-0.3, -0.25) is 0 Å². The van der Waals surface area contributed by atoms with E-state index in [0.717, 1.165) is 22.7 Å². The van der Waals surface area contributed by atoms with Crippen molar-refractivity contribution >= 4 is 17.4 Å². The van der Waals surface area contributed by atoms with E-state index in [1.807, 2.05) is 13.8 Å². The van der Waals surface area contributed by atoms with E-state index in [0.29, 0.717) is 6.54 Å². The lowest BCUT2D eigenvalue weighted by Crippen LogP contribution is -2.02. The third-order valence-corrected chi connectivity index (χ3v) is 3.48. The van der Waals surface area contributed by atoms with Crippen LogP contribution in [0.3, 0.4) is 0 Å². The van der Waals surface area contributed by atoms with Gasteiger partial charge in [-0.2, -0.15) is 13.2 Å². The highest BCUT2D eigenvalue weighted by molar-refractivity contribution is 8.00. The molecule has 0 bridgehead atoms. The lowest BCUT2D eigenvalue weighted by molar-refractivity contribution is -0.0328. The van der Waals surface area contributed by atoms with Crippen LogP contribution < -0.4 is 5.32 Å². The summed E-state index contributed by atoms with van der Waals surface area (Å²) in [6, 6.07) is 6.11. The molecule has 1 aromatic carbocycles. The van der Waals surface area contributed by atoms with Gasteiger partial charge >= 0.3 is 5.51 Å². The summed E-state index contributed by atoms with van der Waals surface area (Å²) in [6.45, 7) is 4.18. The minimum absolute atomic E-state index is 0.123. The molecule has 2 aromatic rings. The maximum absolute atomic E-state index is 12.2. The number of aryl methyl sites for hydroxylation is 2. The number of nitrogens with zero attached hydrogens (tertiary/aromatic N) is 1. The smallest absolute Gasteiger partial charge is 0.381 e. The number of alkyl halides is 3. The van der Waals surface area contributed by atoms with Gasteiger partial charge in [0.15, 0.2) is 0 Å². The first-order valence-corrected chi connectivity index (χ1v) is 6.68. The molecule has 2 rings (SSSR count). The van der Waals surface area contributed by atoms with Gasteiger partial charge in [0.1, 0.15) is 5.76 Å². The minimum atomic E-state index is -4.26. The Labute approximate surface area is 118 Å². The summed E-state index contributed by atoms with van der Waals surface area (Å²) >= 11 is -0.123. The second-order valence-corrected chi connectivity index (χ2v) is 5.37. The van der Waals surface area contributed by atoms with Crippen LogP contribution in [0, 0.1) is 13.8 Å². The van der Waals surface area contributed by atoms with E-state index in [1.54, 1.807) is 12.1 Å². The summed E-state index contributed by atoms with van der Waals surface area (Å²) in [6.07, 6.45) is 0. The first kappa shape index (κ1) is 14.8. The Morgan fingerprint density at radius 3 is 2.35 bits per heavy atom. The van der Waals surface area contributed by atoms with Gasteiger partial charge in [-0.05, 0) is 49.9 Å². The minimum Gasteiger partial charge on any atom is -0.381 e. The predicted molar refractivity (Wildman–Crippen MR) is 71.7 cm³/mol. The molecular weight excluding hydrogens is 289 g/mol. The fraction of sp³-hybridized carbons (Fsp3) is 0.308. The molecule has 0 amide bonds. The average Bonchev–Trinajstić information content (AvgIpc) is 2.67. The van der Waals surface area contributed by atoms with Crippen molar-refractivity contribution in [2.45, 2.75) is 30.8 Å². The normalized spacial score (nSPS) is 11.7. The largest absolute Gasteiger partial charge is 0.446 e. The summed E-state index contributed by atoms with van der Waals surface area (Å²) in [5.74, 6) is 0.735. The third kappa shape index (κ3) is 3.93. The van der Waals surface area contributed by atoms with Crippen LogP contribution in [-0.2, 0) is 6.54 Å². The zero-order chi connectivity index (χ0) is 14.8. The SMILES string of the molecule is Cc1noc(C)c1CNc1ccc(SC(F)(F)F)cc1. The van der Waals surface area contributed by atoms with Gasteiger partial charge in [0.05, 0.1) is 5.69 Å². The van der Waals surface area contributed by atoms with Gasteiger partial charge in [0.2, 0.25) is 0 Å². The van der Waals surface area contributed by atoms with Gasteiger partial charge in [-0.25, -0.2) is 0 Å². The third-order valence-electron chi connectivity index (χ3n) is 2.74. The van der Waals surface area contributed by atoms with Crippen molar-refractivity contribution in [1.82, 2.24) is 5.16 Å². The number of halogens is 3. The van der Waals surface area contributed by atoms with Crippen LogP contribution in [0.4, 0.5) is 18.9 Å². The fourth-order valence-electron chi connectivity index (χ4n) is 1.72. The number of hydrogen-bond donors (Lipinski definition) is 1. The maximum Gasteiger partial charge on any atom is 0.446 e. The molecular formula is C13H13F3N2OS. The molecule has 1 aromatic heterocycles. The monoisotopic (exact) mass is 302 g/mol. The van der Waals surface area contributed by atoms with Gasteiger partial charge in [-0.15, -0.1) is 0 Å². The standard InChI is InChI=1S/C13H13F3N2OS/c1-8-12(9(2)19-18-8)7-17-10-3-5-11(6-4-10)20-13(14,15)16/h3-6,17H,7H2,1-2H3. The molecule has 20 heavy (non-hydrogen) atoms. The van der Waals surface area contributed by atoms with E-state index < -0.39 is 5.51 Å².